The van der Waals surface area contributed by atoms with Gasteiger partial charge in [0, 0.05) is 22.2 Å². The first-order chi connectivity index (χ1) is 7.17. The minimum absolute atomic E-state index is 0.0266. The normalized spacial score (nSPS) is 12.2. The maximum atomic E-state index is 12.3. The Morgan fingerprint density at radius 3 is 2.25 bits per heavy atom. The highest BCUT2D eigenvalue weighted by atomic mass is 32.3. The Labute approximate surface area is 93.8 Å². The maximum absolute atomic E-state index is 12.3. The minimum Gasteiger partial charge on any atom is -0.356 e. The highest BCUT2D eigenvalue weighted by Gasteiger charge is 2.13. The van der Waals surface area contributed by atoms with Crippen molar-refractivity contribution in [3.8, 4) is 5.75 Å². The monoisotopic (exact) mass is 267 g/mol. The Bertz CT molecular complexity index is 594. The quantitative estimate of drug-likeness (QED) is 0.780. The second-order valence-electron chi connectivity index (χ2n) is 3.22. The molecule has 0 heterocycles. The maximum Gasteiger partial charge on any atom is 0.488 e. The number of benzene rings is 1. The number of hydrogen-bond acceptors (Lipinski definition) is 5. The van der Waals surface area contributed by atoms with E-state index >= 15 is 0 Å². The van der Waals surface area contributed by atoms with E-state index in [2.05, 4.69) is 8.55 Å². The van der Waals surface area contributed by atoms with Crippen LogP contribution in [0.5, 0.6) is 5.75 Å². The van der Waals surface area contributed by atoms with Crippen molar-refractivity contribution in [2.75, 3.05) is 12.5 Å². The summed E-state index contributed by atoms with van der Waals surface area (Å²) in [6.45, 7) is 0. The number of nitrogens with zero attached hydrogens (tertiary/aromatic N) is 1. The van der Waals surface area contributed by atoms with Crippen LogP contribution in [0.4, 0.5) is 9.57 Å². The number of hydrogen-bond donors (Lipinski definition) is 0. The van der Waals surface area contributed by atoms with Crippen molar-refractivity contribution in [3.63, 3.8) is 0 Å². The van der Waals surface area contributed by atoms with E-state index in [9.17, 15) is 16.5 Å². The predicted molar refractivity (Wildman–Crippen MR) is 59.2 cm³/mol. The predicted octanol–water partition coefficient (Wildman–Crippen LogP) is 1.64. The summed E-state index contributed by atoms with van der Waals surface area (Å²) in [6, 6.07) is 5.60. The fourth-order valence-electron chi connectivity index (χ4n) is 0.947. The van der Waals surface area contributed by atoms with E-state index in [0.29, 0.717) is 0 Å². The van der Waals surface area contributed by atoms with Gasteiger partial charge in [-0.3, -0.25) is 0 Å². The van der Waals surface area contributed by atoms with Crippen molar-refractivity contribution in [1.29, 1.82) is 0 Å². The molecule has 90 valence electrons. The van der Waals surface area contributed by atoms with Gasteiger partial charge in [-0.05, 0) is 12.1 Å². The fourth-order valence-corrected chi connectivity index (χ4v) is 1.93. The molecule has 0 spiro atoms. The zero-order valence-electron chi connectivity index (χ0n) is 8.58. The highest BCUT2D eigenvalue weighted by molar-refractivity contribution is 7.92. The van der Waals surface area contributed by atoms with Crippen LogP contribution in [0.2, 0.25) is 0 Å². The van der Waals surface area contributed by atoms with Gasteiger partial charge in [0.15, 0.2) is 5.75 Å². The van der Waals surface area contributed by atoms with Crippen LogP contribution in [-0.2, 0) is 20.2 Å². The van der Waals surface area contributed by atoms with Crippen molar-refractivity contribution in [2.45, 2.75) is 0 Å². The molecule has 0 aliphatic carbocycles. The van der Waals surface area contributed by atoms with E-state index in [1.165, 1.54) is 30.7 Å². The number of rotatable bonds is 3. The van der Waals surface area contributed by atoms with E-state index < -0.39 is 20.2 Å². The number of para-hydroxylation sites is 1. The van der Waals surface area contributed by atoms with E-state index in [1.807, 2.05) is 0 Å². The van der Waals surface area contributed by atoms with Gasteiger partial charge in [-0.25, -0.2) is 4.21 Å². The average Bonchev–Trinajstić information content (AvgIpc) is 2.03. The average molecular weight is 267 g/mol. The molecule has 0 aromatic heterocycles. The van der Waals surface area contributed by atoms with E-state index in [4.69, 9.17) is 0 Å². The van der Waals surface area contributed by atoms with Crippen LogP contribution < -0.4 is 4.18 Å². The summed E-state index contributed by atoms with van der Waals surface area (Å²) in [4.78, 5) is 0. The third-order valence-corrected chi connectivity index (χ3v) is 2.39. The molecule has 0 saturated carbocycles. The zero-order valence-corrected chi connectivity index (χ0v) is 10.2. The molecular weight excluding hydrogens is 257 g/mol. The third kappa shape index (κ3) is 4.58. The topological polar surface area (TPSA) is 72.8 Å². The van der Waals surface area contributed by atoms with E-state index in [1.54, 1.807) is 6.07 Å². The van der Waals surface area contributed by atoms with Gasteiger partial charge in [0.2, 0.25) is 0 Å². The summed E-state index contributed by atoms with van der Waals surface area (Å²) >= 11 is 0. The fraction of sp³-hybridized carbons (Fsp3) is 0.250. The second kappa shape index (κ2) is 4.38. The first-order valence-corrected chi connectivity index (χ1v) is 7.72. The molecule has 0 bridgehead atoms. The molecule has 0 amide bonds. The van der Waals surface area contributed by atoms with Gasteiger partial charge in [-0.15, -0.1) is 0 Å². The Morgan fingerprint density at radius 1 is 1.19 bits per heavy atom. The summed E-state index contributed by atoms with van der Waals surface area (Å²) in [5.41, 5.74) is 0.0266. The Morgan fingerprint density at radius 2 is 1.75 bits per heavy atom. The molecule has 0 aliphatic rings. The smallest absolute Gasteiger partial charge is 0.356 e. The number of halogens is 1. The second-order valence-corrected chi connectivity index (χ2v) is 6.71. The van der Waals surface area contributed by atoms with Gasteiger partial charge >= 0.3 is 10.5 Å². The van der Waals surface area contributed by atoms with Crippen LogP contribution in [0.1, 0.15) is 0 Å². The highest BCUT2D eigenvalue weighted by Crippen LogP contribution is 2.29. The standard InChI is InChI=1S/C8H10FNO4S2/c1-15(2,11)10-7-5-3-4-6-8(7)14-16(9,12)13/h3-6H,1-2H3. The van der Waals surface area contributed by atoms with Crippen LogP contribution in [0.3, 0.4) is 0 Å². The molecule has 0 fully saturated rings. The SMILES string of the molecule is CS(C)(=O)=Nc1ccccc1OS(=O)(=O)F. The zero-order chi connectivity index (χ0) is 12.4. The molecule has 8 heteroatoms. The van der Waals surface area contributed by atoms with Crippen LogP contribution in [0, 0.1) is 0 Å². The van der Waals surface area contributed by atoms with Crippen LogP contribution in [0.25, 0.3) is 0 Å². The first-order valence-electron chi connectivity index (χ1n) is 4.08. The first kappa shape index (κ1) is 12.9. The molecule has 1 rings (SSSR count). The molecule has 0 saturated heterocycles. The molecule has 1 aromatic rings. The van der Waals surface area contributed by atoms with E-state index in [-0.39, 0.29) is 11.4 Å². The molecule has 0 aliphatic heterocycles. The lowest BCUT2D eigenvalue weighted by Crippen LogP contribution is -2.01. The summed E-state index contributed by atoms with van der Waals surface area (Å²) in [7, 11) is -7.59. The van der Waals surface area contributed by atoms with Gasteiger partial charge in [0.1, 0.15) is 5.69 Å². The molecule has 0 unspecified atom stereocenters. The Balaban J connectivity index is 3.27. The van der Waals surface area contributed by atoms with Gasteiger partial charge in [-0.1, -0.05) is 16.0 Å². The lowest BCUT2D eigenvalue weighted by molar-refractivity contribution is 0.440. The van der Waals surface area contributed by atoms with Gasteiger partial charge < -0.3 is 4.18 Å². The van der Waals surface area contributed by atoms with Gasteiger partial charge in [0.25, 0.3) is 0 Å². The molecular formula is C8H10FNO4S2. The third-order valence-electron chi connectivity index (χ3n) is 1.37. The van der Waals surface area contributed by atoms with Crippen molar-refractivity contribution >= 4 is 25.9 Å². The van der Waals surface area contributed by atoms with Crippen molar-refractivity contribution in [2.24, 2.45) is 4.36 Å². The van der Waals surface area contributed by atoms with Crippen LogP contribution >= 0.6 is 0 Å². The molecule has 0 N–H and O–H groups in total. The lowest BCUT2D eigenvalue weighted by Gasteiger charge is -2.04. The lowest BCUT2D eigenvalue weighted by atomic mass is 10.3. The summed E-state index contributed by atoms with van der Waals surface area (Å²) < 4.78 is 52.2. The molecule has 1 aromatic carbocycles. The molecule has 16 heavy (non-hydrogen) atoms. The van der Waals surface area contributed by atoms with Crippen molar-refractivity contribution in [3.05, 3.63) is 24.3 Å². The molecule has 0 atom stereocenters. The van der Waals surface area contributed by atoms with Crippen molar-refractivity contribution in [1.82, 2.24) is 0 Å². The van der Waals surface area contributed by atoms with E-state index in [0.717, 1.165) is 0 Å². The molecule has 0 radical (unpaired) electrons. The summed E-state index contributed by atoms with van der Waals surface area (Å²) in [5.74, 6) is -0.290. The van der Waals surface area contributed by atoms with Crippen LogP contribution in [-0.4, -0.2) is 25.1 Å². The van der Waals surface area contributed by atoms with Crippen molar-refractivity contribution < 1.29 is 20.7 Å². The Hall–Kier alpha value is -1.15. The Kier molecular flexibility index (Phi) is 3.54. The van der Waals surface area contributed by atoms with Gasteiger partial charge in [-0.2, -0.15) is 12.8 Å². The van der Waals surface area contributed by atoms with Crippen LogP contribution in [0.15, 0.2) is 28.6 Å². The molecule has 5 nitrogen and oxygen atoms in total. The summed E-state index contributed by atoms with van der Waals surface area (Å²) in [6.07, 6.45) is 2.74. The largest absolute Gasteiger partial charge is 0.488 e. The summed E-state index contributed by atoms with van der Waals surface area (Å²) in [5, 5.41) is 0. The minimum atomic E-state index is -5.11. The van der Waals surface area contributed by atoms with Gasteiger partial charge in [0.05, 0.1) is 0 Å².